The van der Waals surface area contributed by atoms with Gasteiger partial charge in [0.15, 0.2) is 0 Å². The molecule has 0 aliphatic carbocycles. The first-order chi connectivity index (χ1) is 8.58. The summed E-state index contributed by atoms with van der Waals surface area (Å²) in [5.74, 6) is 0.372. The number of anilines is 1. The predicted molar refractivity (Wildman–Crippen MR) is 74.3 cm³/mol. The summed E-state index contributed by atoms with van der Waals surface area (Å²) in [5, 5.41) is 6.03. The Hall–Kier alpha value is -1.33. The largest absolute Gasteiger partial charge is 0.373 e. The number of carbonyl (C=O) groups is 1. The predicted octanol–water partition coefficient (Wildman–Crippen LogP) is 1.46. The molecule has 1 heterocycles. The average molecular weight is 271 g/mol. The molecule has 0 atom stereocenters. The fraction of sp³-hybridized carbons (Fsp3) is 0.500. The Kier molecular flexibility index (Phi) is 5.88. The molecular formula is C12H19ClN4O. The standard InChI is InChI=1S/C12H19ClN4O/c1-4-17(3)8-7-15-12(18)11-9(13)5-6-10(14-2)16-11/h5-6H,4,7-8H2,1-3H3,(H,14,16)(H,15,18). The van der Waals surface area contributed by atoms with Gasteiger partial charge in [0.1, 0.15) is 11.5 Å². The van der Waals surface area contributed by atoms with E-state index in [9.17, 15) is 4.79 Å². The topological polar surface area (TPSA) is 57.3 Å². The molecular weight excluding hydrogens is 252 g/mol. The third kappa shape index (κ3) is 4.16. The zero-order chi connectivity index (χ0) is 13.5. The van der Waals surface area contributed by atoms with Gasteiger partial charge in [0.05, 0.1) is 5.02 Å². The van der Waals surface area contributed by atoms with Crippen LogP contribution in [0.2, 0.25) is 5.02 Å². The average Bonchev–Trinajstić information content (AvgIpc) is 2.38. The smallest absolute Gasteiger partial charge is 0.271 e. The maximum absolute atomic E-state index is 11.9. The summed E-state index contributed by atoms with van der Waals surface area (Å²) in [6, 6.07) is 3.39. The van der Waals surface area contributed by atoms with E-state index in [0.29, 0.717) is 17.4 Å². The van der Waals surface area contributed by atoms with Gasteiger partial charge in [0.25, 0.3) is 5.91 Å². The Bertz CT molecular complexity index is 411. The molecule has 0 bridgehead atoms. The summed E-state index contributed by atoms with van der Waals surface area (Å²) >= 11 is 5.96. The van der Waals surface area contributed by atoms with Crippen molar-refractivity contribution in [1.29, 1.82) is 0 Å². The van der Waals surface area contributed by atoms with Gasteiger partial charge in [0, 0.05) is 20.1 Å². The quantitative estimate of drug-likeness (QED) is 0.822. The molecule has 0 aromatic carbocycles. The highest BCUT2D eigenvalue weighted by atomic mass is 35.5. The molecule has 0 spiro atoms. The first-order valence-electron chi connectivity index (χ1n) is 5.89. The molecule has 0 unspecified atom stereocenters. The van der Waals surface area contributed by atoms with Crippen LogP contribution in [0, 0.1) is 0 Å². The summed E-state index contributed by atoms with van der Waals surface area (Å²) < 4.78 is 0. The lowest BCUT2D eigenvalue weighted by Crippen LogP contribution is -2.33. The van der Waals surface area contributed by atoms with Crippen molar-refractivity contribution in [3.63, 3.8) is 0 Å². The summed E-state index contributed by atoms with van der Waals surface area (Å²) in [4.78, 5) is 18.1. The van der Waals surface area contributed by atoms with Gasteiger partial charge in [-0.2, -0.15) is 0 Å². The Morgan fingerprint density at radius 2 is 2.22 bits per heavy atom. The molecule has 18 heavy (non-hydrogen) atoms. The van der Waals surface area contributed by atoms with E-state index in [2.05, 4.69) is 27.4 Å². The number of pyridine rings is 1. The van der Waals surface area contributed by atoms with E-state index in [1.165, 1.54) is 0 Å². The number of rotatable bonds is 6. The Labute approximate surface area is 113 Å². The van der Waals surface area contributed by atoms with Crippen LogP contribution >= 0.6 is 11.6 Å². The fourth-order valence-electron chi connectivity index (χ4n) is 1.34. The van der Waals surface area contributed by atoms with Crippen LogP contribution in [-0.4, -0.2) is 49.5 Å². The monoisotopic (exact) mass is 270 g/mol. The number of carbonyl (C=O) groups excluding carboxylic acids is 1. The van der Waals surface area contributed by atoms with Gasteiger partial charge in [-0.3, -0.25) is 4.79 Å². The summed E-state index contributed by atoms with van der Waals surface area (Å²) in [6.45, 7) is 4.39. The van der Waals surface area contributed by atoms with Crippen molar-refractivity contribution in [2.45, 2.75) is 6.92 Å². The van der Waals surface area contributed by atoms with E-state index in [-0.39, 0.29) is 11.6 Å². The maximum atomic E-state index is 11.9. The number of hydrogen-bond acceptors (Lipinski definition) is 4. The number of aromatic nitrogens is 1. The molecule has 1 rings (SSSR count). The van der Waals surface area contributed by atoms with Crippen molar-refractivity contribution in [3.05, 3.63) is 22.8 Å². The summed E-state index contributed by atoms with van der Waals surface area (Å²) in [6.07, 6.45) is 0. The van der Waals surface area contributed by atoms with Crippen LogP contribution < -0.4 is 10.6 Å². The van der Waals surface area contributed by atoms with Gasteiger partial charge in [-0.05, 0) is 25.7 Å². The normalized spacial score (nSPS) is 10.5. The first kappa shape index (κ1) is 14.7. The molecule has 6 heteroatoms. The van der Waals surface area contributed by atoms with Gasteiger partial charge in [-0.1, -0.05) is 18.5 Å². The van der Waals surface area contributed by atoms with Crippen molar-refractivity contribution < 1.29 is 4.79 Å². The van der Waals surface area contributed by atoms with Crippen molar-refractivity contribution in [2.24, 2.45) is 0 Å². The number of nitrogens with zero attached hydrogens (tertiary/aromatic N) is 2. The van der Waals surface area contributed by atoms with Crippen molar-refractivity contribution in [1.82, 2.24) is 15.2 Å². The Balaban J connectivity index is 2.61. The molecule has 5 nitrogen and oxygen atoms in total. The lowest BCUT2D eigenvalue weighted by atomic mass is 10.3. The van der Waals surface area contributed by atoms with Gasteiger partial charge in [-0.25, -0.2) is 4.98 Å². The lowest BCUT2D eigenvalue weighted by Gasteiger charge is -2.14. The molecule has 1 aromatic heterocycles. The molecule has 100 valence electrons. The van der Waals surface area contributed by atoms with E-state index in [4.69, 9.17) is 11.6 Å². The van der Waals surface area contributed by atoms with E-state index in [1.54, 1.807) is 19.2 Å². The highest BCUT2D eigenvalue weighted by molar-refractivity contribution is 6.33. The minimum Gasteiger partial charge on any atom is -0.373 e. The number of hydrogen-bond donors (Lipinski definition) is 2. The zero-order valence-corrected chi connectivity index (χ0v) is 11.7. The van der Waals surface area contributed by atoms with Gasteiger partial charge in [-0.15, -0.1) is 0 Å². The minimum absolute atomic E-state index is 0.249. The van der Waals surface area contributed by atoms with E-state index in [0.717, 1.165) is 13.1 Å². The number of likely N-dealkylation sites (N-methyl/N-ethyl adjacent to an activating group) is 1. The second kappa shape index (κ2) is 7.18. The minimum atomic E-state index is -0.249. The molecule has 1 aromatic rings. The van der Waals surface area contributed by atoms with E-state index >= 15 is 0 Å². The van der Waals surface area contributed by atoms with Gasteiger partial charge >= 0.3 is 0 Å². The van der Waals surface area contributed by atoms with Gasteiger partial charge < -0.3 is 15.5 Å². The van der Waals surface area contributed by atoms with Crippen molar-refractivity contribution in [3.8, 4) is 0 Å². The molecule has 2 N–H and O–H groups in total. The molecule has 0 radical (unpaired) electrons. The first-order valence-corrected chi connectivity index (χ1v) is 6.27. The van der Waals surface area contributed by atoms with Crippen LogP contribution in [0.3, 0.4) is 0 Å². The highest BCUT2D eigenvalue weighted by Crippen LogP contribution is 2.16. The third-order valence-electron chi connectivity index (χ3n) is 2.64. The van der Waals surface area contributed by atoms with Crippen LogP contribution in [0.5, 0.6) is 0 Å². The zero-order valence-electron chi connectivity index (χ0n) is 11.0. The maximum Gasteiger partial charge on any atom is 0.271 e. The van der Waals surface area contributed by atoms with Crippen LogP contribution in [-0.2, 0) is 0 Å². The van der Waals surface area contributed by atoms with Crippen molar-refractivity contribution in [2.75, 3.05) is 39.0 Å². The molecule has 0 saturated heterocycles. The fourth-order valence-corrected chi connectivity index (χ4v) is 1.53. The van der Waals surface area contributed by atoms with E-state index < -0.39 is 0 Å². The molecule has 0 fully saturated rings. The van der Waals surface area contributed by atoms with Crippen LogP contribution in [0.25, 0.3) is 0 Å². The SMILES string of the molecule is CCN(C)CCNC(=O)c1nc(NC)ccc1Cl. The summed E-state index contributed by atoms with van der Waals surface area (Å²) in [7, 11) is 3.74. The third-order valence-corrected chi connectivity index (χ3v) is 2.94. The molecule has 0 saturated carbocycles. The number of amides is 1. The molecule has 0 aliphatic rings. The second-order valence-corrected chi connectivity index (χ2v) is 4.34. The second-order valence-electron chi connectivity index (χ2n) is 3.93. The van der Waals surface area contributed by atoms with E-state index in [1.807, 2.05) is 7.05 Å². The lowest BCUT2D eigenvalue weighted by molar-refractivity contribution is 0.0945. The number of nitrogens with one attached hydrogen (secondary N) is 2. The van der Waals surface area contributed by atoms with Gasteiger partial charge in [0.2, 0.25) is 0 Å². The summed E-state index contributed by atoms with van der Waals surface area (Å²) in [5.41, 5.74) is 0.252. The Morgan fingerprint density at radius 3 is 2.83 bits per heavy atom. The van der Waals surface area contributed by atoms with Crippen LogP contribution in [0.1, 0.15) is 17.4 Å². The highest BCUT2D eigenvalue weighted by Gasteiger charge is 2.12. The number of halogens is 1. The molecule has 1 amide bonds. The van der Waals surface area contributed by atoms with Crippen molar-refractivity contribution >= 4 is 23.3 Å². The van der Waals surface area contributed by atoms with Crippen LogP contribution in [0.15, 0.2) is 12.1 Å². The van der Waals surface area contributed by atoms with Crippen LogP contribution in [0.4, 0.5) is 5.82 Å². The molecule has 0 aliphatic heterocycles. The Morgan fingerprint density at radius 1 is 1.50 bits per heavy atom.